The number of nitrogens with zero attached hydrogens (tertiary/aromatic N) is 3. The summed E-state index contributed by atoms with van der Waals surface area (Å²) in [6, 6.07) is 0. The number of halogens is 6. The molecule has 0 heterocycles. The lowest BCUT2D eigenvalue weighted by molar-refractivity contribution is -0.396. The highest BCUT2D eigenvalue weighted by molar-refractivity contribution is 7.50. The van der Waals surface area contributed by atoms with E-state index in [1.165, 1.54) is 0 Å². The van der Waals surface area contributed by atoms with E-state index in [0.29, 0.717) is 0 Å². The van der Waals surface area contributed by atoms with Crippen LogP contribution in [0, 0.1) is 0 Å². The molecule has 0 saturated heterocycles. The van der Waals surface area contributed by atoms with Crippen molar-refractivity contribution >= 4 is 8.37 Å². The lowest BCUT2D eigenvalue weighted by atomic mass is 9.84. The third kappa shape index (κ3) is 5.46. The predicted octanol–water partition coefficient (Wildman–Crippen LogP) is 5.27. The van der Waals surface area contributed by atoms with E-state index in [-0.39, 0.29) is 0 Å². The monoisotopic (exact) mass is 412 g/mol. The van der Waals surface area contributed by atoms with E-state index in [1.807, 2.05) is 0 Å². The van der Waals surface area contributed by atoms with Crippen LogP contribution in [-0.4, -0.2) is 71.0 Å². The average molecular weight is 412 g/mol. The molecule has 0 bridgehead atoms. The van der Waals surface area contributed by atoms with Gasteiger partial charge < -0.3 is 0 Å². The molecule has 1 aliphatic carbocycles. The smallest absolute Gasteiger partial charge is 0.199 e. The summed E-state index contributed by atoms with van der Waals surface area (Å²) in [7, 11) is -0.665. The van der Waals surface area contributed by atoms with Gasteiger partial charge in [-0.3, -0.25) is 0 Å². The third-order valence-electron chi connectivity index (χ3n) is 4.50. The second-order valence-corrected chi connectivity index (χ2v) is 8.47. The van der Waals surface area contributed by atoms with Crippen molar-refractivity contribution in [2.24, 2.45) is 0 Å². The van der Waals surface area contributed by atoms with Crippen molar-refractivity contribution in [3.05, 3.63) is 0 Å². The fourth-order valence-corrected chi connectivity index (χ4v) is 5.68. The largest absolute Gasteiger partial charge is 0.372 e. The van der Waals surface area contributed by atoms with Crippen LogP contribution in [0.5, 0.6) is 0 Å². The maximum atomic E-state index is 11.6. The summed E-state index contributed by atoms with van der Waals surface area (Å²) >= 11 is 0. The molecule has 1 aliphatic rings. The first-order valence-electron chi connectivity index (χ1n) is 9.15. The Morgan fingerprint density at radius 3 is 0.885 bits per heavy atom. The molecule has 158 valence electrons. The fraction of sp³-hybridized carbons (Fsp3) is 1.00. The molecule has 0 N–H and O–H groups in total. The SMILES string of the molecule is CCN(CC)[PH+](N(CC)CC)N(CC)CC.FC1(F)CC(F)(F)C1(F)F. The molecule has 0 aromatic carbocycles. The Bertz CT molecular complexity index is 355. The van der Waals surface area contributed by atoms with Crippen molar-refractivity contribution in [1.29, 1.82) is 0 Å². The van der Waals surface area contributed by atoms with Crippen LogP contribution in [0.4, 0.5) is 26.3 Å². The zero-order valence-corrected chi connectivity index (χ0v) is 17.6. The van der Waals surface area contributed by atoms with Gasteiger partial charge in [0.25, 0.3) is 0 Å². The molecular weight excluding hydrogens is 379 g/mol. The van der Waals surface area contributed by atoms with Crippen LogP contribution in [0.1, 0.15) is 48.0 Å². The molecule has 26 heavy (non-hydrogen) atoms. The number of hydrogen-bond donors (Lipinski definition) is 0. The first kappa shape index (κ1) is 25.9. The standard InChI is InChI=1S/C12H30N3P.C4H2F6/c1-7-13(8-2)16(14(9-3)10-4)15(11-5)12-6;5-2(6)1-3(7,8)4(2,9)10/h7-12H2,1-6H3;1H2/p+1. The molecule has 0 atom stereocenters. The van der Waals surface area contributed by atoms with Gasteiger partial charge in [-0.2, -0.15) is 40.4 Å². The lowest BCUT2D eigenvalue weighted by Gasteiger charge is -2.42. The van der Waals surface area contributed by atoms with Gasteiger partial charge in [0, 0.05) is 39.3 Å². The van der Waals surface area contributed by atoms with E-state index in [9.17, 15) is 26.3 Å². The second-order valence-electron chi connectivity index (χ2n) is 5.98. The zero-order chi connectivity index (χ0) is 20.8. The molecule has 1 saturated carbocycles. The Balaban J connectivity index is 0.000000531. The minimum Gasteiger partial charge on any atom is -0.199 e. The van der Waals surface area contributed by atoms with Crippen LogP contribution in [0.2, 0.25) is 0 Å². The number of hydrogen-bond acceptors (Lipinski definition) is 3. The van der Waals surface area contributed by atoms with E-state index in [2.05, 4.69) is 55.6 Å². The predicted molar refractivity (Wildman–Crippen MR) is 96.5 cm³/mol. The Morgan fingerprint density at radius 2 is 0.808 bits per heavy atom. The van der Waals surface area contributed by atoms with Crippen molar-refractivity contribution in [3.63, 3.8) is 0 Å². The van der Waals surface area contributed by atoms with Crippen LogP contribution in [0.15, 0.2) is 0 Å². The van der Waals surface area contributed by atoms with Gasteiger partial charge in [-0.1, -0.05) is 0 Å². The van der Waals surface area contributed by atoms with Crippen LogP contribution in [-0.2, 0) is 0 Å². The summed E-state index contributed by atoms with van der Waals surface area (Å²) in [5.41, 5.74) is 0. The highest BCUT2D eigenvalue weighted by Gasteiger charge is 2.83. The van der Waals surface area contributed by atoms with Crippen LogP contribution < -0.4 is 0 Å². The highest BCUT2D eigenvalue weighted by Crippen LogP contribution is 2.60. The Kier molecular flexibility index (Phi) is 10.4. The maximum Gasteiger partial charge on any atom is 0.372 e. The number of alkyl halides is 6. The average Bonchev–Trinajstić information content (AvgIpc) is 2.57. The van der Waals surface area contributed by atoms with Crippen LogP contribution in [0.25, 0.3) is 0 Å². The Labute approximate surface area is 154 Å². The quantitative estimate of drug-likeness (QED) is 0.378. The molecule has 0 aromatic rings. The van der Waals surface area contributed by atoms with E-state index < -0.39 is 32.6 Å². The summed E-state index contributed by atoms with van der Waals surface area (Å²) < 4.78 is 77.4. The van der Waals surface area contributed by atoms with E-state index >= 15 is 0 Å². The van der Waals surface area contributed by atoms with Crippen LogP contribution >= 0.6 is 8.37 Å². The summed E-state index contributed by atoms with van der Waals surface area (Å²) in [4.78, 5) is 0. The van der Waals surface area contributed by atoms with Gasteiger partial charge >= 0.3 is 17.8 Å². The third-order valence-corrected chi connectivity index (χ3v) is 8.10. The normalized spacial score (nSPS) is 20.3. The number of rotatable bonds is 9. The zero-order valence-electron chi connectivity index (χ0n) is 16.6. The molecule has 0 aliphatic heterocycles. The van der Waals surface area contributed by atoms with Gasteiger partial charge in [-0.05, 0) is 41.5 Å². The van der Waals surface area contributed by atoms with Gasteiger partial charge in [-0.25, -0.2) is 0 Å². The molecule has 0 amide bonds. The summed E-state index contributed by atoms with van der Waals surface area (Å²) in [5, 5.41) is 0. The molecule has 1 fully saturated rings. The van der Waals surface area contributed by atoms with Gasteiger partial charge in [0.05, 0.1) is 6.42 Å². The minimum absolute atomic E-state index is 0.665. The fourth-order valence-electron chi connectivity index (χ4n) is 2.78. The molecule has 0 spiro atoms. The Hall–Kier alpha value is -0.110. The molecule has 0 radical (unpaired) electrons. The second kappa shape index (κ2) is 10.4. The van der Waals surface area contributed by atoms with Crippen molar-refractivity contribution in [2.75, 3.05) is 39.3 Å². The van der Waals surface area contributed by atoms with Crippen LogP contribution in [0.3, 0.4) is 0 Å². The molecule has 0 aromatic heterocycles. The van der Waals surface area contributed by atoms with Crippen molar-refractivity contribution in [2.45, 2.75) is 65.7 Å². The summed E-state index contributed by atoms with van der Waals surface area (Å²) in [6.07, 6.45) is -2.05. The molecule has 3 nitrogen and oxygen atoms in total. The van der Waals surface area contributed by atoms with Crippen molar-refractivity contribution < 1.29 is 26.3 Å². The lowest BCUT2D eigenvalue weighted by Crippen LogP contribution is -2.67. The van der Waals surface area contributed by atoms with Gasteiger partial charge in [0.15, 0.2) is 0 Å². The van der Waals surface area contributed by atoms with Gasteiger partial charge in [0.2, 0.25) is 8.37 Å². The minimum atomic E-state index is -5.15. The Morgan fingerprint density at radius 1 is 0.577 bits per heavy atom. The molecule has 0 unspecified atom stereocenters. The maximum absolute atomic E-state index is 11.6. The first-order chi connectivity index (χ1) is 11.9. The van der Waals surface area contributed by atoms with Gasteiger partial charge in [0.1, 0.15) is 0 Å². The van der Waals surface area contributed by atoms with E-state index in [0.717, 1.165) is 39.3 Å². The first-order valence-corrected chi connectivity index (χ1v) is 10.5. The summed E-state index contributed by atoms with van der Waals surface area (Å²) in [6.45, 7) is 20.7. The van der Waals surface area contributed by atoms with Crippen molar-refractivity contribution in [1.82, 2.24) is 14.0 Å². The van der Waals surface area contributed by atoms with E-state index in [4.69, 9.17) is 0 Å². The summed E-state index contributed by atoms with van der Waals surface area (Å²) in [5.74, 6) is -14.2. The molecule has 10 heteroatoms. The van der Waals surface area contributed by atoms with Crippen molar-refractivity contribution in [3.8, 4) is 0 Å². The topological polar surface area (TPSA) is 9.72 Å². The highest BCUT2D eigenvalue weighted by atomic mass is 31.2. The molecule has 1 rings (SSSR count). The van der Waals surface area contributed by atoms with E-state index in [1.54, 1.807) is 0 Å². The molecular formula is C16H33F6N3P+. The van der Waals surface area contributed by atoms with Gasteiger partial charge in [-0.15, -0.1) is 0 Å².